The number of pyridine rings is 1. The maximum atomic E-state index is 12.8. The van der Waals surface area contributed by atoms with Gasteiger partial charge in [0.1, 0.15) is 0 Å². The maximum absolute atomic E-state index is 12.8. The summed E-state index contributed by atoms with van der Waals surface area (Å²) in [5, 5.41) is 0. The Morgan fingerprint density at radius 3 is 2.81 bits per heavy atom. The van der Waals surface area contributed by atoms with E-state index < -0.39 is 11.9 Å². The highest BCUT2D eigenvalue weighted by atomic mass is 19.4. The summed E-state index contributed by atoms with van der Waals surface area (Å²) in [4.78, 5) is 5.03. The molecule has 0 radical (unpaired) electrons. The van der Waals surface area contributed by atoms with E-state index in [0.29, 0.717) is 13.1 Å². The first-order chi connectivity index (χ1) is 7.98. The Morgan fingerprint density at radius 1 is 1.31 bits per heavy atom. The van der Waals surface area contributed by atoms with Crippen LogP contribution in [-0.4, -0.2) is 18.1 Å². The number of nitrogens with zero attached hydrogens (tertiary/aromatic N) is 2. The molecule has 5 heteroatoms. The van der Waals surface area contributed by atoms with Crippen LogP contribution < -0.4 is 4.90 Å². The molecular formula is C11H13F3N2. The number of rotatable bonds is 1. The number of hydrogen-bond donors (Lipinski definition) is 0. The Bertz CT molecular complexity index is 395. The van der Waals surface area contributed by atoms with Crippen molar-refractivity contribution in [1.29, 1.82) is 0 Å². The number of anilines is 1. The van der Waals surface area contributed by atoms with E-state index in [9.17, 15) is 13.2 Å². The summed E-state index contributed by atoms with van der Waals surface area (Å²) in [6.07, 6.45) is -2.11. The predicted molar refractivity (Wildman–Crippen MR) is 55.3 cm³/mol. The van der Waals surface area contributed by atoms with Gasteiger partial charge in [0, 0.05) is 20.7 Å². The van der Waals surface area contributed by atoms with Crippen molar-refractivity contribution in [3.63, 3.8) is 0 Å². The standard InChI is InChI=1S/C11H13F3N2/c12-11(13,14)10-9(5-4-6-15-10)16-7-2-1-3-8-16/h4-6H,1-3,7-8H2/i2D/t2-/m0/s1. The molecule has 1 aliphatic heterocycles. The van der Waals surface area contributed by atoms with Crippen LogP contribution in [0.3, 0.4) is 0 Å². The fourth-order valence-electron chi connectivity index (χ4n) is 1.85. The molecule has 0 bridgehead atoms. The lowest BCUT2D eigenvalue weighted by Gasteiger charge is -2.30. The Hall–Kier alpha value is -1.26. The van der Waals surface area contributed by atoms with Crippen LogP contribution in [0.4, 0.5) is 18.9 Å². The molecule has 16 heavy (non-hydrogen) atoms. The van der Waals surface area contributed by atoms with E-state index in [1.54, 1.807) is 4.90 Å². The Labute approximate surface area is 93.5 Å². The molecule has 2 heterocycles. The van der Waals surface area contributed by atoms with Crippen LogP contribution in [-0.2, 0) is 6.18 Å². The Kier molecular flexibility index (Phi) is 2.68. The second-order valence-corrected chi connectivity index (χ2v) is 3.75. The van der Waals surface area contributed by atoms with Crippen LogP contribution in [0.2, 0.25) is 0 Å². The molecule has 1 saturated heterocycles. The molecule has 1 fully saturated rings. The number of piperidine rings is 1. The van der Waals surface area contributed by atoms with Gasteiger partial charge < -0.3 is 4.90 Å². The summed E-state index contributed by atoms with van der Waals surface area (Å²) >= 11 is 0. The van der Waals surface area contributed by atoms with Crippen LogP contribution in [0, 0.1) is 0 Å². The summed E-state index contributed by atoms with van der Waals surface area (Å²) in [5.41, 5.74) is -0.758. The molecule has 1 aromatic heterocycles. The third-order valence-corrected chi connectivity index (χ3v) is 2.58. The van der Waals surface area contributed by atoms with E-state index in [2.05, 4.69) is 4.98 Å². The van der Waals surface area contributed by atoms with Gasteiger partial charge in [-0.15, -0.1) is 0 Å². The highest BCUT2D eigenvalue weighted by molar-refractivity contribution is 5.51. The lowest BCUT2D eigenvalue weighted by molar-refractivity contribution is -0.140. The van der Waals surface area contributed by atoms with Crippen LogP contribution >= 0.6 is 0 Å². The number of alkyl halides is 3. The number of hydrogen-bond acceptors (Lipinski definition) is 2. The molecule has 0 amide bonds. The van der Waals surface area contributed by atoms with Crippen molar-refractivity contribution >= 4 is 5.69 Å². The van der Waals surface area contributed by atoms with Gasteiger partial charge in [-0.05, 0) is 31.4 Å². The predicted octanol–water partition coefficient (Wildman–Crippen LogP) is 3.09. The van der Waals surface area contributed by atoms with E-state index >= 15 is 0 Å². The molecular weight excluding hydrogens is 217 g/mol. The van der Waals surface area contributed by atoms with Gasteiger partial charge in [-0.2, -0.15) is 13.2 Å². The second kappa shape index (κ2) is 4.31. The van der Waals surface area contributed by atoms with Gasteiger partial charge in [0.05, 0.1) is 5.69 Å². The summed E-state index contributed by atoms with van der Waals surface area (Å²) in [6, 6.07) is 2.92. The summed E-state index contributed by atoms with van der Waals surface area (Å²) in [5.74, 6) is 0. The second-order valence-electron chi connectivity index (χ2n) is 3.75. The topological polar surface area (TPSA) is 16.1 Å². The summed E-state index contributed by atoms with van der Waals surface area (Å²) < 4.78 is 45.9. The van der Waals surface area contributed by atoms with Crippen molar-refractivity contribution in [2.75, 3.05) is 18.0 Å². The molecule has 0 spiro atoms. The average molecular weight is 231 g/mol. The fraction of sp³-hybridized carbons (Fsp3) is 0.545. The maximum Gasteiger partial charge on any atom is 0.435 e. The van der Waals surface area contributed by atoms with Gasteiger partial charge in [0.15, 0.2) is 5.69 Å². The van der Waals surface area contributed by atoms with Gasteiger partial charge in [-0.3, -0.25) is 0 Å². The molecule has 1 aliphatic rings. The third-order valence-electron chi connectivity index (χ3n) is 2.58. The normalized spacial score (nSPS) is 23.1. The summed E-state index contributed by atoms with van der Waals surface area (Å²) in [7, 11) is 0. The number of halogens is 3. The minimum absolute atomic E-state index is 0.0944. The van der Waals surface area contributed by atoms with Crippen LogP contribution in [0.1, 0.15) is 26.3 Å². The van der Waals surface area contributed by atoms with E-state index in [1.807, 2.05) is 0 Å². The van der Waals surface area contributed by atoms with Gasteiger partial charge in [0.2, 0.25) is 0 Å². The molecule has 0 N–H and O–H groups in total. The SMILES string of the molecule is [2H][C@H]1CCCN(c2cccnc2C(F)(F)F)C1. The smallest absolute Gasteiger partial charge is 0.370 e. The lowest BCUT2D eigenvalue weighted by atomic mass is 10.1. The highest BCUT2D eigenvalue weighted by Gasteiger charge is 2.36. The minimum atomic E-state index is -4.44. The molecule has 0 saturated carbocycles. The average Bonchev–Trinajstić information content (AvgIpc) is 2.28. The zero-order valence-electron chi connectivity index (χ0n) is 9.67. The molecule has 0 aliphatic carbocycles. The van der Waals surface area contributed by atoms with Crippen molar-refractivity contribution in [1.82, 2.24) is 4.98 Å². The van der Waals surface area contributed by atoms with Crippen molar-refractivity contribution in [2.24, 2.45) is 0 Å². The van der Waals surface area contributed by atoms with Gasteiger partial charge in [-0.25, -0.2) is 4.98 Å². The van der Waals surface area contributed by atoms with Crippen molar-refractivity contribution in [2.45, 2.75) is 25.4 Å². The van der Waals surface area contributed by atoms with Gasteiger partial charge in [0.25, 0.3) is 0 Å². The van der Waals surface area contributed by atoms with E-state index in [1.165, 1.54) is 12.1 Å². The largest absolute Gasteiger partial charge is 0.435 e. The molecule has 88 valence electrons. The van der Waals surface area contributed by atoms with E-state index in [-0.39, 0.29) is 12.1 Å². The van der Waals surface area contributed by atoms with Crippen molar-refractivity contribution < 1.29 is 14.5 Å². The number of aromatic nitrogens is 1. The molecule has 2 nitrogen and oxygen atoms in total. The molecule has 1 atom stereocenters. The fourth-order valence-corrected chi connectivity index (χ4v) is 1.85. The quantitative estimate of drug-likeness (QED) is 0.738. The first kappa shape index (κ1) is 9.93. The first-order valence-corrected chi connectivity index (χ1v) is 5.18. The first-order valence-electron chi connectivity index (χ1n) is 5.75. The van der Waals surface area contributed by atoms with E-state index in [4.69, 9.17) is 1.37 Å². The molecule has 0 unspecified atom stereocenters. The Balaban J connectivity index is 2.31. The van der Waals surface area contributed by atoms with Crippen LogP contribution in [0.25, 0.3) is 0 Å². The molecule has 0 aromatic carbocycles. The van der Waals surface area contributed by atoms with Gasteiger partial charge >= 0.3 is 6.18 Å². The van der Waals surface area contributed by atoms with E-state index in [0.717, 1.165) is 19.0 Å². The van der Waals surface area contributed by atoms with Crippen molar-refractivity contribution in [3.8, 4) is 0 Å². The zero-order chi connectivity index (χ0) is 12.5. The monoisotopic (exact) mass is 231 g/mol. The minimum Gasteiger partial charge on any atom is -0.370 e. The summed E-state index contributed by atoms with van der Waals surface area (Å²) in [6.45, 7) is 0.902. The van der Waals surface area contributed by atoms with Crippen molar-refractivity contribution in [3.05, 3.63) is 24.0 Å². The Morgan fingerprint density at radius 2 is 2.12 bits per heavy atom. The third kappa shape index (κ3) is 2.28. The lowest BCUT2D eigenvalue weighted by Crippen LogP contribution is -2.31. The molecule has 2 rings (SSSR count). The van der Waals surface area contributed by atoms with Crippen LogP contribution in [0.5, 0.6) is 0 Å². The zero-order valence-corrected chi connectivity index (χ0v) is 8.67. The molecule has 1 aromatic rings. The van der Waals surface area contributed by atoms with Gasteiger partial charge in [-0.1, -0.05) is 0 Å². The van der Waals surface area contributed by atoms with Crippen LogP contribution in [0.15, 0.2) is 18.3 Å². The highest BCUT2D eigenvalue weighted by Crippen LogP contribution is 2.35.